The van der Waals surface area contributed by atoms with E-state index in [1.165, 1.54) is 12.1 Å². The summed E-state index contributed by atoms with van der Waals surface area (Å²) in [6, 6.07) is 9.36. The molecule has 2 rings (SSSR count). The van der Waals surface area contributed by atoms with Gasteiger partial charge in [0.25, 0.3) is 5.69 Å². The van der Waals surface area contributed by atoms with Crippen LogP contribution in [0.4, 0.5) is 5.69 Å². The van der Waals surface area contributed by atoms with Gasteiger partial charge in [0.05, 0.1) is 18.1 Å². The molecule has 0 bridgehead atoms. The van der Waals surface area contributed by atoms with Crippen molar-refractivity contribution in [1.29, 1.82) is 0 Å². The molecule has 0 aliphatic carbocycles. The summed E-state index contributed by atoms with van der Waals surface area (Å²) in [7, 11) is 0. The molecule has 0 aromatic heterocycles. The van der Waals surface area contributed by atoms with Crippen LogP contribution in [0, 0.1) is 10.1 Å². The highest BCUT2D eigenvalue weighted by atomic mass is 35.5. The lowest BCUT2D eigenvalue weighted by Gasteiger charge is -2.15. The van der Waals surface area contributed by atoms with E-state index in [0.29, 0.717) is 28.7 Å². The maximum absolute atomic E-state index is 10.7. The Morgan fingerprint density at radius 3 is 2.48 bits per heavy atom. The Hall–Kier alpha value is -2.84. The summed E-state index contributed by atoms with van der Waals surface area (Å²) in [5, 5.41) is 22.6. The number of nitro groups is 1. The zero-order chi connectivity index (χ0) is 19.8. The summed E-state index contributed by atoms with van der Waals surface area (Å²) in [5.41, 5.74) is 1.45. The molecule has 0 spiro atoms. The van der Waals surface area contributed by atoms with E-state index in [4.69, 9.17) is 26.2 Å². The van der Waals surface area contributed by atoms with Gasteiger partial charge in [-0.1, -0.05) is 11.6 Å². The van der Waals surface area contributed by atoms with Crippen molar-refractivity contribution in [2.75, 3.05) is 13.2 Å². The number of non-ortho nitro benzene ring substituents is 1. The van der Waals surface area contributed by atoms with Gasteiger partial charge in [0.2, 0.25) is 0 Å². The zero-order valence-corrected chi connectivity index (χ0v) is 15.4. The number of nitrogens with one attached hydrogen (secondary N) is 1. The Labute approximate surface area is 160 Å². The van der Waals surface area contributed by atoms with Crippen LogP contribution in [0.1, 0.15) is 18.1 Å². The van der Waals surface area contributed by atoms with Gasteiger partial charge >= 0.3 is 5.97 Å². The quantitative estimate of drug-likeness (QED) is 0.469. The summed E-state index contributed by atoms with van der Waals surface area (Å²) < 4.78 is 11.3. The third-order valence-corrected chi connectivity index (χ3v) is 3.90. The van der Waals surface area contributed by atoms with Crippen LogP contribution in [-0.4, -0.2) is 29.2 Å². The van der Waals surface area contributed by atoms with E-state index < -0.39 is 10.9 Å². The molecule has 9 heteroatoms. The fraction of sp³-hybridized carbons (Fsp3) is 0.278. The lowest BCUT2D eigenvalue weighted by molar-refractivity contribution is -0.384. The Morgan fingerprint density at radius 1 is 1.22 bits per heavy atom. The van der Waals surface area contributed by atoms with Gasteiger partial charge in [-0.3, -0.25) is 14.9 Å². The summed E-state index contributed by atoms with van der Waals surface area (Å²) in [6.07, 6.45) is 0. The number of hydrogen-bond acceptors (Lipinski definition) is 6. The maximum Gasteiger partial charge on any atom is 0.317 e. The van der Waals surface area contributed by atoms with Crippen molar-refractivity contribution >= 4 is 23.3 Å². The number of nitro benzene ring substituents is 1. The van der Waals surface area contributed by atoms with Crippen molar-refractivity contribution in [3.63, 3.8) is 0 Å². The maximum atomic E-state index is 10.7. The SMILES string of the molecule is CCOc1cc(CNCC(=O)O)c(Cl)cc1OCc1ccc([N+](=O)[O-])cc1. The Morgan fingerprint density at radius 2 is 1.89 bits per heavy atom. The molecule has 27 heavy (non-hydrogen) atoms. The average Bonchev–Trinajstić information content (AvgIpc) is 2.63. The Bertz CT molecular complexity index is 810. The van der Waals surface area contributed by atoms with Gasteiger partial charge < -0.3 is 19.9 Å². The predicted molar refractivity (Wildman–Crippen MR) is 99.4 cm³/mol. The molecule has 0 radical (unpaired) electrons. The number of carboxylic acid groups (broad SMARTS) is 1. The van der Waals surface area contributed by atoms with E-state index >= 15 is 0 Å². The van der Waals surface area contributed by atoms with Crippen molar-refractivity contribution in [1.82, 2.24) is 5.32 Å². The number of carboxylic acids is 1. The van der Waals surface area contributed by atoms with E-state index in [-0.39, 0.29) is 25.4 Å². The molecule has 0 saturated heterocycles. The van der Waals surface area contributed by atoms with Gasteiger partial charge in [0.15, 0.2) is 11.5 Å². The molecule has 0 fully saturated rings. The van der Waals surface area contributed by atoms with Gasteiger partial charge in [-0.15, -0.1) is 0 Å². The molecule has 0 aliphatic heterocycles. The lowest BCUT2D eigenvalue weighted by atomic mass is 10.2. The van der Waals surface area contributed by atoms with Crippen LogP contribution in [-0.2, 0) is 17.9 Å². The summed E-state index contributed by atoms with van der Waals surface area (Å²) in [5.74, 6) is -0.0441. The van der Waals surface area contributed by atoms with E-state index in [1.807, 2.05) is 6.92 Å². The number of halogens is 1. The Balaban J connectivity index is 2.11. The molecular weight excluding hydrogens is 376 g/mol. The highest BCUT2D eigenvalue weighted by Gasteiger charge is 2.12. The summed E-state index contributed by atoms with van der Waals surface area (Å²) in [6.45, 7) is 2.52. The van der Waals surface area contributed by atoms with Crippen molar-refractivity contribution in [2.24, 2.45) is 0 Å². The van der Waals surface area contributed by atoms with Crippen LogP contribution in [0.25, 0.3) is 0 Å². The largest absolute Gasteiger partial charge is 0.490 e. The average molecular weight is 395 g/mol. The van der Waals surface area contributed by atoms with E-state index in [2.05, 4.69) is 5.32 Å². The second-order valence-corrected chi connectivity index (χ2v) is 5.94. The minimum Gasteiger partial charge on any atom is -0.490 e. The van der Waals surface area contributed by atoms with Gasteiger partial charge in [-0.25, -0.2) is 0 Å². The van der Waals surface area contributed by atoms with Crippen molar-refractivity contribution in [3.05, 3.63) is 62.7 Å². The number of carbonyl (C=O) groups is 1. The molecule has 2 aromatic carbocycles. The molecule has 0 amide bonds. The number of ether oxygens (including phenoxy) is 2. The third-order valence-electron chi connectivity index (χ3n) is 3.55. The standard InChI is InChI=1S/C18H19ClN2O6/c1-2-26-16-7-13(9-20-10-18(22)23)15(19)8-17(16)27-11-12-3-5-14(6-4-12)21(24)25/h3-8,20H,2,9-11H2,1H3,(H,22,23). The minimum absolute atomic E-state index is 0.00927. The lowest BCUT2D eigenvalue weighted by Crippen LogP contribution is -2.22. The first-order valence-electron chi connectivity index (χ1n) is 8.14. The monoisotopic (exact) mass is 394 g/mol. The number of rotatable bonds is 10. The van der Waals surface area contributed by atoms with Crippen LogP contribution in [0.15, 0.2) is 36.4 Å². The second-order valence-electron chi connectivity index (χ2n) is 5.53. The van der Waals surface area contributed by atoms with Crippen LogP contribution in [0.2, 0.25) is 5.02 Å². The summed E-state index contributed by atoms with van der Waals surface area (Å²) in [4.78, 5) is 20.8. The third kappa shape index (κ3) is 6.12. The number of hydrogen-bond donors (Lipinski definition) is 2. The molecule has 8 nitrogen and oxygen atoms in total. The first-order chi connectivity index (χ1) is 12.9. The first kappa shape index (κ1) is 20.5. The fourth-order valence-electron chi connectivity index (χ4n) is 2.27. The Kier molecular flexibility index (Phi) is 7.39. The molecule has 2 N–H and O–H groups in total. The fourth-order valence-corrected chi connectivity index (χ4v) is 2.49. The van der Waals surface area contributed by atoms with Gasteiger partial charge in [0, 0.05) is 29.8 Å². The molecule has 0 heterocycles. The number of nitrogens with zero attached hydrogens (tertiary/aromatic N) is 1. The molecular formula is C18H19ClN2O6. The number of benzene rings is 2. The molecule has 0 unspecified atom stereocenters. The van der Waals surface area contributed by atoms with Gasteiger partial charge in [0.1, 0.15) is 6.61 Å². The highest BCUT2D eigenvalue weighted by Crippen LogP contribution is 2.34. The van der Waals surface area contributed by atoms with E-state index in [0.717, 1.165) is 5.56 Å². The highest BCUT2D eigenvalue weighted by molar-refractivity contribution is 6.31. The molecule has 144 valence electrons. The first-order valence-corrected chi connectivity index (χ1v) is 8.52. The molecule has 0 saturated carbocycles. The normalized spacial score (nSPS) is 10.4. The summed E-state index contributed by atoms with van der Waals surface area (Å²) >= 11 is 6.26. The molecule has 0 atom stereocenters. The topological polar surface area (TPSA) is 111 Å². The number of aliphatic carboxylic acids is 1. The van der Waals surface area contributed by atoms with Crippen LogP contribution < -0.4 is 14.8 Å². The van der Waals surface area contributed by atoms with Crippen molar-refractivity contribution in [3.8, 4) is 11.5 Å². The van der Waals surface area contributed by atoms with Crippen molar-refractivity contribution < 1.29 is 24.3 Å². The van der Waals surface area contributed by atoms with E-state index in [1.54, 1.807) is 24.3 Å². The minimum atomic E-state index is -0.959. The zero-order valence-electron chi connectivity index (χ0n) is 14.6. The van der Waals surface area contributed by atoms with Crippen molar-refractivity contribution in [2.45, 2.75) is 20.1 Å². The van der Waals surface area contributed by atoms with Crippen LogP contribution >= 0.6 is 11.6 Å². The van der Waals surface area contributed by atoms with Crippen LogP contribution in [0.5, 0.6) is 11.5 Å². The van der Waals surface area contributed by atoms with Gasteiger partial charge in [-0.2, -0.15) is 0 Å². The molecule has 0 aliphatic rings. The molecule has 2 aromatic rings. The second kappa shape index (κ2) is 9.75. The smallest absolute Gasteiger partial charge is 0.317 e. The van der Waals surface area contributed by atoms with E-state index in [9.17, 15) is 14.9 Å². The van der Waals surface area contributed by atoms with Gasteiger partial charge in [-0.05, 0) is 36.2 Å². The van der Waals surface area contributed by atoms with Crippen LogP contribution in [0.3, 0.4) is 0 Å². The predicted octanol–water partition coefficient (Wildman–Crippen LogP) is 3.40.